The Kier molecular flexibility index (Phi) is 4.79. The van der Waals surface area contributed by atoms with E-state index in [1.165, 1.54) is 22.6 Å². The number of carboxylic acid groups (broad SMARTS) is 1. The van der Waals surface area contributed by atoms with Gasteiger partial charge >= 0.3 is 16.2 Å². The Morgan fingerprint density at radius 3 is 2.86 bits per heavy atom. The van der Waals surface area contributed by atoms with Crippen molar-refractivity contribution < 1.29 is 18.3 Å². The van der Waals surface area contributed by atoms with E-state index in [1.54, 1.807) is 0 Å². The number of rotatable bonds is 5. The molecule has 1 saturated heterocycles. The molecule has 116 valence electrons. The third-order valence-electron chi connectivity index (χ3n) is 3.36. The van der Waals surface area contributed by atoms with E-state index in [1.807, 2.05) is 6.92 Å². The predicted molar refractivity (Wildman–Crippen MR) is 78.1 cm³/mol. The second-order valence-electron chi connectivity index (χ2n) is 5.32. The van der Waals surface area contributed by atoms with Crippen molar-refractivity contribution in [2.45, 2.75) is 26.2 Å². The molecule has 2 rings (SSSR count). The monoisotopic (exact) mass is 313 g/mol. The first-order valence-corrected chi connectivity index (χ1v) is 8.25. The third-order valence-corrected chi connectivity index (χ3v) is 4.87. The average Bonchev–Trinajstić information content (AvgIpc) is 2.40. The van der Waals surface area contributed by atoms with Gasteiger partial charge in [-0.25, -0.2) is 0 Å². The van der Waals surface area contributed by atoms with Crippen molar-refractivity contribution >= 4 is 21.9 Å². The Bertz CT molecular complexity index is 600. The number of aromatic nitrogens is 1. The van der Waals surface area contributed by atoms with Crippen molar-refractivity contribution in [3.8, 4) is 0 Å². The molecule has 0 radical (unpaired) electrons. The van der Waals surface area contributed by atoms with Crippen LogP contribution in [0.1, 0.15) is 25.5 Å². The van der Waals surface area contributed by atoms with E-state index in [4.69, 9.17) is 5.11 Å². The maximum Gasteiger partial charge on any atom is 0.309 e. The molecule has 0 aromatic carbocycles. The van der Waals surface area contributed by atoms with Crippen LogP contribution >= 0.6 is 0 Å². The highest BCUT2D eigenvalue weighted by Crippen LogP contribution is 2.20. The topological polar surface area (TPSA) is 99.6 Å². The maximum atomic E-state index is 12.3. The van der Waals surface area contributed by atoms with Crippen LogP contribution < -0.4 is 4.72 Å². The van der Waals surface area contributed by atoms with Gasteiger partial charge in [0.25, 0.3) is 0 Å². The molecule has 0 amide bonds. The van der Waals surface area contributed by atoms with Gasteiger partial charge in [-0.1, -0.05) is 6.92 Å². The SMILES string of the molecule is CC1CCCN(S(=O)(=O)Nc2ccc(CC(=O)O)nc2)C1. The van der Waals surface area contributed by atoms with Crippen molar-refractivity contribution in [1.82, 2.24) is 9.29 Å². The van der Waals surface area contributed by atoms with Crippen LogP contribution in [0.2, 0.25) is 0 Å². The molecule has 1 atom stereocenters. The highest BCUT2D eigenvalue weighted by Gasteiger charge is 2.26. The molecule has 21 heavy (non-hydrogen) atoms. The summed E-state index contributed by atoms with van der Waals surface area (Å²) in [6.07, 6.45) is 3.05. The summed E-state index contributed by atoms with van der Waals surface area (Å²) in [6, 6.07) is 3.03. The van der Waals surface area contributed by atoms with Crippen molar-refractivity contribution in [2.24, 2.45) is 5.92 Å². The Morgan fingerprint density at radius 2 is 2.29 bits per heavy atom. The summed E-state index contributed by atoms with van der Waals surface area (Å²) in [4.78, 5) is 14.5. The second-order valence-corrected chi connectivity index (χ2v) is 6.99. The summed E-state index contributed by atoms with van der Waals surface area (Å²) < 4.78 is 28.4. The molecular weight excluding hydrogens is 294 g/mol. The van der Waals surface area contributed by atoms with E-state index in [9.17, 15) is 13.2 Å². The molecule has 1 fully saturated rings. The molecule has 0 saturated carbocycles. The fourth-order valence-electron chi connectivity index (χ4n) is 2.32. The van der Waals surface area contributed by atoms with Crippen molar-refractivity contribution in [2.75, 3.05) is 17.8 Å². The largest absolute Gasteiger partial charge is 0.481 e. The minimum atomic E-state index is -3.58. The summed E-state index contributed by atoms with van der Waals surface area (Å²) >= 11 is 0. The molecule has 1 unspecified atom stereocenters. The van der Waals surface area contributed by atoms with Gasteiger partial charge in [0.2, 0.25) is 0 Å². The fourth-order valence-corrected chi connectivity index (χ4v) is 3.69. The van der Waals surface area contributed by atoms with Crippen LogP contribution in [0.4, 0.5) is 5.69 Å². The molecule has 1 aromatic heterocycles. The number of nitrogens with one attached hydrogen (secondary N) is 1. The summed E-state index contributed by atoms with van der Waals surface area (Å²) in [5.74, 6) is -0.621. The highest BCUT2D eigenvalue weighted by atomic mass is 32.2. The summed E-state index contributed by atoms with van der Waals surface area (Å²) in [5, 5.41) is 8.66. The first-order chi connectivity index (χ1) is 9.87. The number of hydrogen-bond acceptors (Lipinski definition) is 4. The third kappa shape index (κ3) is 4.40. The normalized spacial score (nSPS) is 20.1. The Labute approximate surface area is 124 Å². The van der Waals surface area contributed by atoms with Gasteiger partial charge in [0, 0.05) is 13.1 Å². The number of carbonyl (C=O) groups is 1. The molecular formula is C13H19N3O4S. The molecule has 0 spiro atoms. The average molecular weight is 313 g/mol. The van der Waals surface area contributed by atoms with Crippen LogP contribution in [-0.4, -0.2) is 41.9 Å². The molecule has 7 nitrogen and oxygen atoms in total. The van der Waals surface area contributed by atoms with Gasteiger partial charge in [-0.05, 0) is 30.9 Å². The fraction of sp³-hybridized carbons (Fsp3) is 0.538. The van der Waals surface area contributed by atoms with E-state index < -0.39 is 16.2 Å². The molecule has 1 aliphatic heterocycles. The number of nitrogens with zero attached hydrogens (tertiary/aromatic N) is 2. The van der Waals surface area contributed by atoms with E-state index in [0.717, 1.165) is 12.8 Å². The zero-order valence-electron chi connectivity index (χ0n) is 11.8. The number of pyridine rings is 1. The van der Waals surface area contributed by atoms with Gasteiger partial charge in [0.05, 0.1) is 24.0 Å². The molecule has 0 aliphatic carbocycles. The van der Waals surface area contributed by atoms with Gasteiger partial charge in [-0.3, -0.25) is 14.5 Å². The molecule has 1 aromatic rings. The minimum Gasteiger partial charge on any atom is -0.481 e. The lowest BCUT2D eigenvalue weighted by molar-refractivity contribution is -0.136. The molecule has 2 heterocycles. The summed E-state index contributed by atoms with van der Waals surface area (Å²) in [7, 11) is -3.58. The van der Waals surface area contributed by atoms with Crippen molar-refractivity contribution in [3.63, 3.8) is 0 Å². The lowest BCUT2D eigenvalue weighted by atomic mass is 10.0. The number of piperidine rings is 1. The first-order valence-electron chi connectivity index (χ1n) is 6.81. The quantitative estimate of drug-likeness (QED) is 0.848. The Balaban J connectivity index is 2.04. The summed E-state index contributed by atoms with van der Waals surface area (Å²) in [6.45, 7) is 3.06. The van der Waals surface area contributed by atoms with E-state index in [0.29, 0.717) is 30.4 Å². The van der Waals surface area contributed by atoms with Crippen LogP contribution in [0.25, 0.3) is 0 Å². The van der Waals surface area contributed by atoms with Crippen molar-refractivity contribution in [1.29, 1.82) is 0 Å². The number of hydrogen-bond donors (Lipinski definition) is 2. The number of anilines is 1. The zero-order valence-corrected chi connectivity index (χ0v) is 12.6. The van der Waals surface area contributed by atoms with E-state index in [-0.39, 0.29) is 6.42 Å². The van der Waals surface area contributed by atoms with Gasteiger partial charge < -0.3 is 5.11 Å². The Hall–Kier alpha value is -1.67. The molecule has 2 N–H and O–H groups in total. The number of carboxylic acids is 1. The first kappa shape index (κ1) is 15.7. The standard InChI is InChI=1S/C13H19N3O4S/c1-10-3-2-6-16(9-10)21(19,20)15-12-5-4-11(14-8-12)7-13(17)18/h4-5,8,10,15H,2-3,6-7,9H2,1H3,(H,17,18). The van der Waals surface area contributed by atoms with Crippen LogP contribution in [0.3, 0.4) is 0 Å². The Morgan fingerprint density at radius 1 is 1.52 bits per heavy atom. The zero-order chi connectivity index (χ0) is 15.5. The van der Waals surface area contributed by atoms with Crippen LogP contribution in [-0.2, 0) is 21.4 Å². The van der Waals surface area contributed by atoms with Crippen LogP contribution in [0.5, 0.6) is 0 Å². The van der Waals surface area contributed by atoms with Crippen LogP contribution in [0.15, 0.2) is 18.3 Å². The lowest BCUT2D eigenvalue weighted by Gasteiger charge is -2.30. The second kappa shape index (κ2) is 6.40. The lowest BCUT2D eigenvalue weighted by Crippen LogP contribution is -2.42. The molecule has 8 heteroatoms. The molecule has 0 bridgehead atoms. The highest BCUT2D eigenvalue weighted by molar-refractivity contribution is 7.90. The van der Waals surface area contributed by atoms with Gasteiger partial charge in [0.1, 0.15) is 0 Å². The van der Waals surface area contributed by atoms with Gasteiger partial charge in [0.15, 0.2) is 0 Å². The van der Waals surface area contributed by atoms with E-state index in [2.05, 4.69) is 9.71 Å². The van der Waals surface area contributed by atoms with Gasteiger partial charge in [-0.2, -0.15) is 12.7 Å². The van der Waals surface area contributed by atoms with E-state index >= 15 is 0 Å². The van der Waals surface area contributed by atoms with Gasteiger partial charge in [-0.15, -0.1) is 0 Å². The number of aliphatic carboxylic acids is 1. The smallest absolute Gasteiger partial charge is 0.309 e. The molecule has 1 aliphatic rings. The maximum absolute atomic E-state index is 12.3. The van der Waals surface area contributed by atoms with Crippen LogP contribution in [0, 0.1) is 5.92 Å². The van der Waals surface area contributed by atoms with Crippen molar-refractivity contribution in [3.05, 3.63) is 24.0 Å². The minimum absolute atomic E-state index is 0.184. The summed E-state index contributed by atoms with van der Waals surface area (Å²) in [5.41, 5.74) is 0.722. The predicted octanol–water partition coefficient (Wildman–Crippen LogP) is 1.10.